The van der Waals surface area contributed by atoms with Gasteiger partial charge in [0, 0.05) is 0 Å². The third kappa shape index (κ3) is 9.74. The molecule has 186 valence electrons. The Labute approximate surface area is 210 Å². The zero-order chi connectivity index (χ0) is 23.7. The van der Waals surface area contributed by atoms with E-state index in [0.29, 0.717) is 0 Å². The van der Waals surface area contributed by atoms with Gasteiger partial charge in [0.15, 0.2) is 0 Å². The van der Waals surface area contributed by atoms with Crippen molar-refractivity contribution in [2.45, 2.75) is 145 Å². The van der Waals surface area contributed by atoms with Gasteiger partial charge in [-0.25, -0.2) is 0 Å². The molecule has 1 aromatic heterocycles. The van der Waals surface area contributed by atoms with E-state index in [-0.39, 0.29) is 0 Å². The van der Waals surface area contributed by atoms with Crippen LogP contribution in [0.5, 0.6) is 0 Å². The van der Waals surface area contributed by atoms with Crippen LogP contribution in [-0.4, -0.2) is 46.7 Å². The summed E-state index contributed by atoms with van der Waals surface area (Å²) in [6, 6.07) is 2.41. The molecule has 0 aliphatic carbocycles. The van der Waals surface area contributed by atoms with E-state index in [1.54, 1.807) is 3.71 Å². The minimum atomic E-state index is -2.56. The van der Waals surface area contributed by atoms with Crippen LogP contribution in [-0.2, 0) is 0 Å². The first kappa shape index (κ1) is 30.7. The monoisotopic (exact) mass is 660 g/mol. The zero-order valence-corrected chi connectivity index (χ0v) is 28.5. The van der Waals surface area contributed by atoms with Crippen LogP contribution in [0.4, 0.5) is 0 Å². The Morgan fingerprint density at radius 3 is 1.22 bits per heavy atom. The van der Waals surface area contributed by atoms with E-state index in [4.69, 9.17) is 9.97 Å². The Morgan fingerprint density at radius 1 is 0.531 bits per heavy atom. The molecule has 0 aliphatic rings. The Balaban J connectivity index is 3.49. The van der Waals surface area contributed by atoms with E-state index < -0.39 is 36.8 Å². The van der Waals surface area contributed by atoms with Crippen molar-refractivity contribution < 1.29 is 0 Å². The number of nitrogens with zero attached hydrogens (tertiary/aromatic N) is 2. The molecule has 0 aromatic carbocycles. The van der Waals surface area contributed by atoms with Gasteiger partial charge < -0.3 is 0 Å². The van der Waals surface area contributed by atoms with Gasteiger partial charge in [0.25, 0.3) is 0 Å². The van der Waals surface area contributed by atoms with Crippen molar-refractivity contribution in [3.63, 3.8) is 0 Å². The summed E-state index contributed by atoms with van der Waals surface area (Å²) in [5.41, 5.74) is 0. The molecule has 0 aliphatic heterocycles. The second kappa shape index (κ2) is 18.0. The summed E-state index contributed by atoms with van der Waals surface area (Å²) in [5, 5.41) is 0. The van der Waals surface area contributed by atoms with Gasteiger partial charge in [-0.05, 0) is 0 Å². The van der Waals surface area contributed by atoms with Gasteiger partial charge in [0.05, 0.1) is 0 Å². The summed E-state index contributed by atoms with van der Waals surface area (Å²) < 4.78 is 12.1. The Bertz CT molecular complexity index is 500. The topological polar surface area (TPSA) is 25.8 Å². The average molecular weight is 658 g/mol. The molecule has 1 aromatic rings. The van der Waals surface area contributed by atoms with Crippen molar-refractivity contribution in [1.82, 2.24) is 9.97 Å². The summed E-state index contributed by atoms with van der Waals surface area (Å²) in [6.07, 6.45) is 18.6. The molecule has 0 saturated carbocycles. The molecule has 4 heteroatoms. The fourth-order valence-electron chi connectivity index (χ4n) is 5.47. The summed E-state index contributed by atoms with van der Waals surface area (Å²) >= 11 is -5.06. The third-order valence-corrected chi connectivity index (χ3v) is 37.5. The van der Waals surface area contributed by atoms with Gasteiger partial charge in [-0.15, -0.1) is 0 Å². The van der Waals surface area contributed by atoms with Gasteiger partial charge in [-0.2, -0.15) is 0 Å². The predicted octanol–water partition coefficient (Wildman–Crippen LogP) is 8.59. The van der Waals surface area contributed by atoms with E-state index in [9.17, 15) is 0 Å². The van der Waals surface area contributed by atoms with E-state index in [0.717, 1.165) is 0 Å². The standard InChI is InChI=1S/C4H2N2.6C4H9.2Sn/c1-2-5-4-6-3-1;6*1-3-4-2;;/h1-2H;6*1,3-4H2,2H3;;. The van der Waals surface area contributed by atoms with E-state index in [1.165, 1.54) is 108 Å². The molecule has 0 amide bonds. The van der Waals surface area contributed by atoms with Crippen molar-refractivity contribution in [2.24, 2.45) is 0 Å². The van der Waals surface area contributed by atoms with E-state index >= 15 is 0 Å². The molecule has 2 nitrogen and oxygen atoms in total. The summed E-state index contributed by atoms with van der Waals surface area (Å²) in [7, 11) is 0. The molecule has 0 bridgehead atoms. The fourth-order valence-corrected chi connectivity index (χ4v) is 36.6. The molecular formula is C28H56N2Sn2. The molecule has 0 saturated heterocycles. The first-order chi connectivity index (χ1) is 15.6. The first-order valence-corrected chi connectivity index (χ1v) is 29.4. The summed E-state index contributed by atoms with van der Waals surface area (Å²) in [4.78, 5) is 10.9. The maximum atomic E-state index is 5.71. The molecule has 0 N–H and O–H groups in total. The van der Waals surface area contributed by atoms with Crippen molar-refractivity contribution in [3.8, 4) is 0 Å². The molecule has 1 rings (SSSR count). The van der Waals surface area contributed by atoms with Gasteiger partial charge >= 0.3 is 212 Å². The summed E-state index contributed by atoms with van der Waals surface area (Å²) in [5.74, 6) is 0. The second-order valence-corrected chi connectivity index (χ2v) is 36.4. The zero-order valence-electron chi connectivity index (χ0n) is 22.8. The van der Waals surface area contributed by atoms with Crippen molar-refractivity contribution >= 4 is 44.3 Å². The van der Waals surface area contributed by atoms with Crippen LogP contribution in [0.15, 0.2) is 12.3 Å². The molecule has 0 radical (unpaired) electrons. The van der Waals surface area contributed by atoms with Crippen LogP contribution in [0.3, 0.4) is 0 Å². The van der Waals surface area contributed by atoms with Gasteiger partial charge in [0.1, 0.15) is 0 Å². The van der Waals surface area contributed by atoms with Crippen LogP contribution >= 0.6 is 0 Å². The molecule has 0 spiro atoms. The third-order valence-electron chi connectivity index (χ3n) is 7.73. The normalized spacial score (nSPS) is 12.4. The fraction of sp³-hybridized carbons (Fsp3) is 0.857. The molecular weight excluding hydrogens is 602 g/mol. The quantitative estimate of drug-likeness (QED) is 0.131. The SMILES string of the molecule is CCC[CH2][Sn]([CH2]CCC)([CH2]CCC)[c]1ccn[c]([Sn]([CH2]CCC)([CH2]CCC)[CH2]CCC)n1. The summed E-state index contributed by atoms with van der Waals surface area (Å²) in [6.45, 7) is 14.2. The average Bonchev–Trinajstić information content (AvgIpc) is 2.83. The minimum absolute atomic E-state index is 1.32. The van der Waals surface area contributed by atoms with Crippen LogP contribution in [0.25, 0.3) is 0 Å². The Kier molecular flexibility index (Phi) is 17.3. The van der Waals surface area contributed by atoms with Gasteiger partial charge in [-0.3, -0.25) is 0 Å². The number of unbranched alkanes of at least 4 members (excludes halogenated alkanes) is 6. The molecule has 0 unspecified atom stereocenters. The molecule has 0 atom stereocenters. The first-order valence-electron chi connectivity index (χ1n) is 14.4. The Hall–Kier alpha value is 0.677. The molecule has 32 heavy (non-hydrogen) atoms. The number of hydrogen-bond acceptors (Lipinski definition) is 2. The molecule has 1 heterocycles. The van der Waals surface area contributed by atoms with Crippen LogP contribution in [0.1, 0.15) is 119 Å². The second-order valence-electron chi connectivity index (χ2n) is 10.4. The van der Waals surface area contributed by atoms with E-state index in [2.05, 4.69) is 53.8 Å². The van der Waals surface area contributed by atoms with Crippen LogP contribution in [0, 0.1) is 0 Å². The number of rotatable bonds is 20. The number of hydrogen-bond donors (Lipinski definition) is 0. The molecule has 0 fully saturated rings. The van der Waals surface area contributed by atoms with Crippen LogP contribution < -0.4 is 7.55 Å². The van der Waals surface area contributed by atoms with Crippen molar-refractivity contribution in [1.29, 1.82) is 0 Å². The van der Waals surface area contributed by atoms with Gasteiger partial charge in [-0.1, -0.05) is 0 Å². The maximum absolute atomic E-state index is 5.71. The van der Waals surface area contributed by atoms with Gasteiger partial charge in [0.2, 0.25) is 0 Å². The Morgan fingerprint density at radius 2 is 0.875 bits per heavy atom. The van der Waals surface area contributed by atoms with E-state index in [1.807, 2.05) is 0 Å². The van der Waals surface area contributed by atoms with Crippen LogP contribution in [0.2, 0.25) is 26.6 Å². The predicted molar refractivity (Wildman–Crippen MR) is 151 cm³/mol. The number of aromatic nitrogens is 2. The van der Waals surface area contributed by atoms with Crippen molar-refractivity contribution in [2.75, 3.05) is 0 Å². The van der Waals surface area contributed by atoms with Crippen molar-refractivity contribution in [3.05, 3.63) is 12.3 Å².